The van der Waals surface area contributed by atoms with Gasteiger partial charge in [0.1, 0.15) is 6.33 Å². The van der Waals surface area contributed by atoms with Crippen LogP contribution in [0.1, 0.15) is 12.8 Å². The van der Waals surface area contributed by atoms with Crippen LogP contribution in [0.4, 0.5) is 5.69 Å². The van der Waals surface area contributed by atoms with Crippen molar-refractivity contribution in [2.24, 2.45) is 5.92 Å². The summed E-state index contributed by atoms with van der Waals surface area (Å²) in [5.74, 6) is 0.727. The van der Waals surface area contributed by atoms with Gasteiger partial charge in [-0.15, -0.1) is 5.10 Å². The van der Waals surface area contributed by atoms with Gasteiger partial charge in [0, 0.05) is 5.69 Å². The van der Waals surface area contributed by atoms with Crippen molar-refractivity contribution in [3.05, 3.63) is 30.6 Å². The molecule has 1 aromatic heterocycles. The lowest BCUT2D eigenvalue weighted by atomic mass is 10.2. The molecule has 7 nitrogen and oxygen atoms in total. The fourth-order valence-corrected chi connectivity index (χ4v) is 1.92. The van der Waals surface area contributed by atoms with Crippen molar-refractivity contribution in [1.29, 1.82) is 0 Å². The second-order valence-corrected chi connectivity index (χ2v) is 4.93. The van der Waals surface area contributed by atoms with Crippen molar-refractivity contribution in [2.75, 3.05) is 18.4 Å². The van der Waals surface area contributed by atoms with Crippen LogP contribution in [0, 0.1) is 5.92 Å². The number of tetrazole rings is 1. The third-order valence-corrected chi connectivity index (χ3v) is 3.16. The van der Waals surface area contributed by atoms with Gasteiger partial charge in [-0.05, 0) is 53.9 Å². The molecule has 0 spiro atoms. The number of hydrogen-bond acceptors (Lipinski definition) is 5. The topological polar surface area (TPSA) is 84.7 Å². The highest BCUT2D eigenvalue weighted by Gasteiger charge is 2.20. The number of amides is 1. The van der Waals surface area contributed by atoms with E-state index in [9.17, 15) is 4.79 Å². The first kappa shape index (κ1) is 12.7. The van der Waals surface area contributed by atoms with Crippen molar-refractivity contribution >= 4 is 11.6 Å². The monoisotopic (exact) mass is 272 g/mol. The van der Waals surface area contributed by atoms with Crippen LogP contribution in [0.5, 0.6) is 0 Å². The Morgan fingerprint density at radius 3 is 3.05 bits per heavy atom. The molecule has 2 N–H and O–H groups in total. The second-order valence-electron chi connectivity index (χ2n) is 4.93. The molecular weight excluding hydrogens is 256 g/mol. The number of carbonyl (C=O) groups is 1. The summed E-state index contributed by atoms with van der Waals surface area (Å²) in [4.78, 5) is 11.8. The minimum atomic E-state index is -0.0421. The summed E-state index contributed by atoms with van der Waals surface area (Å²) in [5, 5.41) is 17.0. The third kappa shape index (κ3) is 3.39. The van der Waals surface area contributed by atoms with Gasteiger partial charge in [0.15, 0.2) is 0 Å². The fraction of sp³-hybridized carbons (Fsp3) is 0.385. The van der Waals surface area contributed by atoms with Crippen LogP contribution >= 0.6 is 0 Å². The summed E-state index contributed by atoms with van der Waals surface area (Å²) in [5.41, 5.74) is 1.54. The molecule has 1 heterocycles. The van der Waals surface area contributed by atoms with Gasteiger partial charge in [-0.2, -0.15) is 0 Å². The Hall–Kier alpha value is -2.28. The molecule has 0 unspecified atom stereocenters. The summed E-state index contributed by atoms with van der Waals surface area (Å²) < 4.78 is 1.54. The number of benzene rings is 1. The summed E-state index contributed by atoms with van der Waals surface area (Å²) >= 11 is 0. The smallest absolute Gasteiger partial charge is 0.238 e. The Morgan fingerprint density at radius 2 is 2.30 bits per heavy atom. The Bertz CT molecular complexity index is 578. The van der Waals surface area contributed by atoms with Crippen LogP contribution in [-0.2, 0) is 4.79 Å². The maximum Gasteiger partial charge on any atom is 0.238 e. The van der Waals surface area contributed by atoms with E-state index < -0.39 is 0 Å². The molecule has 7 heteroatoms. The van der Waals surface area contributed by atoms with Crippen LogP contribution in [0.2, 0.25) is 0 Å². The van der Waals surface area contributed by atoms with Gasteiger partial charge in [0.05, 0.1) is 12.2 Å². The van der Waals surface area contributed by atoms with Gasteiger partial charge in [-0.3, -0.25) is 4.79 Å². The molecule has 1 aliphatic rings. The highest BCUT2D eigenvalue weighted by molar-refractivity contribution is 5.92. The number of nitrogens with one attached hydrogen (secondary N) is 2. The Kier molecular flexibility index (Phi) is 3.69. The Labute approximate surface area is 116 Å². The third-order valence-electron chi connectivity index (χ3n) is 3.16. The van der Waals surface area contributed by atoms with E-state index in [1.165, 1.54) is 19.2 Å². The molecule has 3 rings (SSSR count). The van der Waals surface area contributed by atoms with E-state index in [2.05, 4.69) is 26.2 Å². The maximum absolute atomic E-state index is 11.8. The molecule has 1 saturated carbocycles. The zero-order valence-electron chi connectivity index (χ0n) is 11.0. The first-order chi connectivity index (χ1) is 9.81. The van der Waals surface area contributed by atoms with Gasteiger partial charge >= 0.3 is 0 Å². The molecule has 0 saturated heterocycles. The molecule has 20 heavy (non-hydrogen) atoms. The van der Waals surface area contributed by atoms with Gasteiger partial charge in [0.2, 0.25) is 5.91 Å². The zero-order valence-corrected chi connectivity index (χ0v) is 11.0. The van der Waals surface area contributed by atoms with Crippen molar-refractivity contribution in [2.45, 2.75) is 12.8 Å². The van der Waals surface area contributed by atoms with Crippen molar-refractivity contribution < 1.29 is 4.79 Å². The minimum absolute atomic E-state index is 0.0421. The number of hydrogen-bond donors (Lipinski definition) is 2. The molecule has 0 bridgehead atoms. The van der Waals surface area contributed by atoms with Gasteiger partial charge in [0.25, 0.3) is 0 Å². The van der Waals surface area contributed by atoms with E-state index >= 15 is 0 Å². The minimum Gasteiger partial charge on any atom is -0.325 e. The number of nitrogens with zero attached hydrogens (tertiary/aromatic N) is 4. The van der Waals surface area contributed by atoms with Crippen LogP contribution in [0.3, 0.4) is 0 Å². The highest BCUT2D eigenvalue weighted by atomic mass is 16.1. The first-order valence-corrected chi connectivity index (χ1v) is 6.65. The predicted octanol–water partition coefficient (Wildman–Crippen LogP) is 0.600. The number of aromatic nitrogens is 4. The first-order valence-electron chi connectivity index (χ1n) is 6.65. The van der Waals surface area contributed by atoms with E-state index in [-0.39, 0.29) is 5.91 Å². The quantitative estimate of drug-likeness (QED) is 0.804. The van der Waals surface area contributed by atoms with Crippen molar-refractivity contribution in [3.63, 3.8) is 0 Å². The number of anilines is 1. The van der Waals surface area contributed by atoms with Crippen molar-refractivity contribution in [1.82, 2.24) is 25.5 Å². The molecule has 1 fully saturated rings. The lowest BCUT2D eigenvalue weighted by Crippen LogP contribution is -2.29. The van der Waals surface area contributed by atoms with E-state index in [0.717, 1.165) is 23.8 Å². The predicted molar refractivity (Wildman–Crippen MR) is 73.4 cm³/mol. The van der Waals surface area contributed by atoms with Crippen LogP contribution in [-0.4, -0.2) is 39.2 Å². The Morgan fingerprint density at radius 1 is 1.40 bits per heavy atom. The molecular formula is C13H16N6O. The largest absolute Gasteiger partial charge is 0.325 e. The van der Waals surface area contributed by atoms with E-state index in [1.807, 2.05) is 24.3 Å². The average molecular weight is 272 g/mol. The van der Waals surface area contributed by atoms with Crippen LogP contribution in [0.15, 0.2) is 30.6 Å². The molecule has 0 radical (unpaired) electrons. The standard InChI is InChI=1S/C13H16N6O/c20-13(8-14-7-10-4-5-10)16-11-2-1-3-12(6-11)19-9-15-17-18-19/h1-3,6,9-10,14H,4-5,7-8H2,(H,16,20). The Balaban J connectivity index is 1.56. The lowest BCUT2D eigenvalue weighted by Gasteiger charge is -2.07. The second kappa shape index (κ2) is 5.79. The lowest BCUT2D eigenvalue weighted by molar-refractivity contribution is -0.115. The summed E-state index contributed by atoms with van der Waals surface area (Å²) in [7, 11) is 0. The molecule has 1 amide bonds. The zero-order chi connectivity index (χ0) is 13.8. The highest BCUT2D eigenvalue weighted by Crippen LogP contribution is 2.27. The van der Waals surface area contributed by atoms with E-state index in [0.29, 0.717) is 6.54 Å². The van der Waals surface area contributed by atoms with Crippen molar-refractivity contribution in [3.8, 4) is 5.69 Å². The number of carbonyl (C=O) groups excluding carboxylic acids is 1. The maximum atomic E-state index is 11.8. The molecule has 0 aliphatic heterocycles. The molecule has 1 aliphatic carbocycles. The number of rotatable bonds is 6. The average Bonchev–Trinajstić information content (AvgIpc) is 3.10. The molecule has 104 valence electrons. The summed E-state index contributed by atoms with van der Waals surface area (Å²) in [6.45, 7) is 1.27. The fourth-order valence-electron chi connectivity index (χ4n) is 1.92. The van der Waals surface area contributed by atoms with Gasteiger partial charge in [-0.25, -0.2) is 4.68 Å². The van der Waals surface area contributed by atoms with Crippen LogP contribution < -0.4 is 10.6 Å². The molecule has 0 atom stereocenters. The van der Waals surface area contributed by atoms with Gasteiger partial charge < -0.3 is 10.6 Å². The van der Waals surface area contributed by atoms with Gasteiger partial charge in [-0.1, -0.05) is 6.07 Å². The van der Waals surface area contributed by atoms with Crippen LogP contribution in [0.25, 0.3) is 5.69 Å². The SMILES string of the molecule is O=C(CNCC1CC1)Nc1cccc(-n2cnnn2)c1. The summed E-state index contributed by atoms with van der Waals surface area (Å²) in [6.07, 6.45) is 4.07. The molecule has 1 aromatic carbocycles. The summed E-state index contributed by atoms with van der Waals surface area (Å²) in [6, 6.07) is 7.39. The van der Waals surface area contributed by atoms with E-state index in [4.69, 9.17) is 0 Å². The normalized spacial score (nSPS) is 14.2. The van der Waals surface area contributed by atoms with E-state index in [1.54, 1.807) is 4.68 Å². The molecule has 2 aromatic rings.